The highest BCUT2D eigenvalue weighted by Crippen LogP contribution is 2.35. The topological polar surface area (TPSA) is 91.8 Å². The van der Waals surface area contributed by atoms with Crippen LogP contribution in [0.25, 0.3) is 0 Å². The van der Waals surface area contributed by atoms with Crippen LogP contribution in [-0.4, -0.2) is 41.3 Å². The van der Waals surface area contributed by atoms with Crippen LogP contribution in [-0.2, 0) is 6.42 Å². The molecule has 1 aliphatic rings. The number of amides is 2. The Hall–Kier alpha value is -3.16. The first kappa shape index (κ1) is 18.6. The average molecular weight is 373 g/mol. The molecule has 2 aromatic rings. The predicted molar refractivity (Wildman–Crippen MR) is 96.9 cm³/mol. The molecule has 1 aromatic carbocycles. The molecule has 7 nitrogen and oxygen atoms in total. The van der Waals surface area contributed by atoms with Gasteiger partial charge in [-0.3, -0.25) is 9.69 Å². The summed E-state index contributed by atoms with van der Waals surface area (Å²) in [7, 11) is 0. The molecule has 2 heterocycles. The molecule has 1 atom stereocenters. The number of carbonyl (C=O) groups excluding carboxylic acids is 1. The van der Waals surface area contributed by atoms with Crippen molar-refractivity contribution in [3.63, 3.8) is 0 Å². The van der Waals surface area contributed by atoms with Gasteiger partial charge in [-0.1, -0.05) is 12.1 Å². The highest BCUT2D eigenvalue weighted by Gasteiger charge is 2.32. The second-order valence-corrected chi connectivity index (χ2v) is 6.30. The number of carbonyl (C=O) groups is 2. The molecule has 27 heavy (non-hydrogen) atoms. The fourth-order valence-corrected chi connectivity index (χ4v) is 3.01. The number of ether oxygens (including phenoxy) is 1. The number of pyridine rings is 1. The van der Waals surface area contributed by atoms with Gasteiger partial charge >= 0.3 is 6.09 Å². The van der Waals surface area contributed by atoms with Gasteiger partial charge in [0.2, 0.25) is 5.88 Å². The Morgan fingerprint density at radius 1 is 1.37 bits per heavy atom. The maximum atomic E-state index is 13.2. The van der Waals surface area contributed by atoms with Gasteiger partial charge in [0, 0.05) is 6.54 Å². The minimum absolute atomic E-state index is 0.111. The molecule has 1 aliphatic heterocycles. The first-order chi connectivity index (χ1) is 12.9. The van der Waals surface area contributed by atoms with Gasteiger partial charge in [-0.25, -0.2) is 14.2 Å². The summed E-state index contributed by atoms with van der Waals surface area (Å²) in [5, 5.41) is 12.3. The number of hydrogen-bond donors (Lipinski definition) is 2. The predicted octanol–water partition coefficient (Wildman–Crippen LogP) is 2.83. The number of anilines is 1. The highest BCUT2D eigenvalue weighted by atomic mass is 19.1. The molecule has 3 rings (SSSR count). The van der Waals surface area contributed by atoms with Crippen LogP contribution in [0.2, 0.25) is 0 Å². The van der Waals surface area contributed by atoms with Gasteiger partial charge in [0.15, 0.2) is 0 Å². The van der Waals surface area contributed by atoms with Crippen molar-refractivity contribution >= 4 is 17.7 Å². The number of halogens is 1. The van der Waals surface area contributed by atoms with Crippen molar-refractivity contribution in [1.82, 2.24) is 10.3 Å². The third-order valence-corrected chi connectivity index (χ3v) is 4.28. The third-order valence-electron chi connectivity index (χ3n) is 4.28. The molecule has 0 fully saturated rings. The van der Waals surface area contributed by atoms with Crippen LogP contribution < -0.4 is 15.0 Å². The summed E-state index contributed by atoms with van der Waals surface area (Å²) in [4.78, 5) is 29.6. The van der Waals surface area contributed by atoms with Crippen LogP contribution in [0, 0.1) is 5.82 Å². The van der Waals surface area contributed by atoms with Crippen molar-refractivity contribution in [2.24, 2.45) is 0 Å². The summed E-state index contributed by atoms with van der Waals surface area (Å²) in [6.07, 6.45) is -0.818. The molecule has 2 amide bonds. The van der Waals surface area contributed by atoms with Crippen LogP contribution >= 0.6 is 0 Å². The van der Waals surface area contributed by atoms with E-state index in [1.165, 1.54) is 17.0 Å². The number of nitrogens with one attached hydrogen (secondary N) is 1. The molecule has 142 valence electrons. The Morgan fingerprint density at radius 3 is 2.70 bits per heavy atom. The normalized spacial score (nSPS) is 15.7. The van der Waals surface area contributed by atoms with Gasteiger partial charge in [-0.05, 0) is 49.6 Å². The van der Waals surface area contributed by atoms with E-state index >= 15 is 0 Å². The van der Waals surface area contributed by atoms with E-state index in [2.05, 4.69) is 10.3 Å². The number of nitrogens with zero attached hydrogens (tertiary/aromatic N) is 2. The van der Waals surface area contributed by atoms with Crippen molar-refractivity contribution in [2.75, 3.05) is 18.1 Å². The first-order valence-electron chi connectivity index (χ1n) is 8.62. The summed E-state index contributed by atoms with van der Waals surface area (Å²) in [5.74, 6) is -0.619. The van der Waals surface area contributed by atoms with E-state index in [4.69, 9.17) is 4.74 Å². The van der Waals surface area contributed by atoms with Gasteiger partial charge in [-0.15, -0.1) is 0 Å². The van der Waals surface area contributed by atoms with E-state index in [0.717, 1.165) is 5.56 Å². The lowest BCUT2D eigenvalue weighted by atomic mass is 10.0. The molecular formula is C19H20FN3O4. The van der Waals surface area contributed by atoms with Gasteiger partial charge in [0.25, 0.3) is 5.91 Å². The highest BCUT2D eigenvalue weighted by molar-refractivity contribution is 5.96. The summed E-state index contributed by atoms with van der Waals surface area (Å²) in [6.45, 7) is 4.10. The lowest BCUT2D eigenvalue weighted by Crippen LogP contribution is -2.45. The zero-order valence-corrected chi connectivity index (χ0v) is 15.0. The summed E-state index contributed by atoms with van der Waals surface area (Å²) in [5.41, 5.74) is 1.77. The molecule has 0 spiro atoms. The minimum Gasteiger partial charge on any atom is -0.474 e. The van der Waals surface area contributed by atoms with Crippen LogP contribution in [0.4, 0.5) is 14.9 Å². The number of rotatable bonds is 4. The van der Waals surface area contributed by atoms with Crippen molar-refractivity contribution in [3.05, 3.63) is 53.0 Å². The molecule has 8 heteroatoms. The maximum Gasteiger partial charge on any atom is 0.412 e. The van der Waals surface area contributed by atoms with Crippen LogP contribution in [0.3, 0.4) is 0 Å². The molecule has 0 saturated heterocycles. The molecule has 0 saturated carbocycles. The van der Waals surface area contributed by atoms with Crippen LogP contribution in [0.15, 0.2) is 30.3 Å². The fraction of sp³-hybridized carbons (Fsp3) is 0.316. The van der Waals surface area contributed by atoms with Gasteiger partial charge in [0.1, 0.15) is 23.8 Å². The van der Waals surface area contributed by atoms with Crippen LogP contribution in [0.1, 0.15) is 35.5 Å². The summed E-state index contributed by atoms with van der Waals surface area (Å²) >= 11 is 0. The monoisotopic (exact) mass is 373 g/mol. The van der Waals surface area contributed by atoms with Crippen molar-refractivity contribution in [1.29, 1.82) is 0 Å². The molecular weight excluding hydrogens is 353 g/mol. The number of hydrogen-bond acceptors (Lipinski definition) is 4. The largest absolute Gasteiger partial charge is 0.474 e. The van der Waals surface area contributed by atoms with Crippen LogP contribution in [0.5, 0.6) is 5.88 Å². The lowest BCUT2D eigenvalue weighted by Gasteiger charge is -2.32. The zero-order chi connectivity index (χ0) is 19.6. The van der Waals surface area contributed by atoms with Crippen molar-refractivity contribution in [2.45, 2.75) is 26.3 Å². The zero-order valence-electron chi connectivity index (χ0n) is 15.0. The molecule has 0 aliphatic carbocycles. The lowest BCUT2D eigenvalue weighted by molar-refractivity contribution is 0.0948. The smallest absolute Gasteiger partial charge is 0.412 e. The number of aromatic nitrogens is 1. The molecule has 1 aromatic heterocycles. The fourth-order valence-electron chi connectivity index (χ4n) is 3.01. The van der Waals surface area contributed by atoms with E-state index in [-0.39, 0.29) is 35.9 Å². The summed E-state index contributed by atoms with van der Waals surface area (Å²) in [6, 6.07) is 7.13. The van der Waals surface area contributed by atoms with Gasteiger partial charge in [-0.2, -0.15) is 0 Å². The molecule has 0 bridgehead atoms. The van der Waals surface area contributed by atoms with Crippen molar-refractivity contribution < 1.29 is 23.8 Å². The third kappa shape index (κ3) is 3.84. The molecule has 0 unspecified atom stereocenters. The molecule has 0 radical (unpaired) electrons. The van der Waals surface area contributed by atoms with E-state index in [0.29, 0.717) is 24.2 Å². The average Bonchev–Trinajstić information content (AvgIpc) is 2.63. The Balaban J connectivity index is 2.09. The van der Waals surface area contributed by atoms with Gasteiger partial charge in [0.05, 0.1) is 6.04 Å². The molecule has 2 N–H and O–H groups in total. The SMILES string of the molecule is CCNC(=O)c1nc2c(cc1Cc1ccc(F)cc1)N(C(=O)O)[C@@H](C)CO2. The quantitative estimate of drug-likeness (QED) is 0.860. The number of benzene rings is 1. The van der Waals surface area contributed by atoms with Crippen molar-refractivity contribution in [3.8, 4) is 5.88 Å². The Labute approximate surface area is 155 Å². The van der Waals surface area contributed by atoms with Gasteiger partial charge < -0.3 is 15.2 Å². The summed E-state index contributed by atoms with van der Waals surface area (Å²) < 4.78 is 18.7. The second-order valence-electron chi connectivity index (χ2n) is 6.30. The Morgan fingerprint density at radius 2 is 2.07 bits per heavy atom. The first-order valence-corrected chi connectivity index (χ1v) is 8.62. The number of carboxylic acid groups (broad SMARTS) is 1. The standard InChI is InChI=1S/C19H20FN3O4/c1-3-21-17(24)16-13(8-12-4-6-14(20)7-5-12)9-15-18(22-16)27-10-11(2)23(15)19(25)26/h4-7,9,11H,3,8,10H2,1-2H3,(H,21,24)(H,25,26)/t11-/m0/s1. The van der Waals surface area contributed by atoms with E-state index < -0.39 is 6.09 Å². The van der Waals surface area contributed by atoms with E-state index in [1.54, 1.807) is 32.0 Å². The number of fused-ring (bicyclic) bond motifs is 1. The van der Waals surface area contributed by atoms with E-state index in [9.17, 15) is 19.1 Å². The second kappa shape index (κ2) is 7.61. The minimum atomic E-state index is -1.12. The maximum absolute atomic E-state index is 13.2. The Bertz CT molecular complexity index is 870. The Kier molecular flexibility index (Phi) is 5.25. The van der Waals surface area contributed by atoms with E-state index in [1.807, 2.05) is 0 Å².